The van der Waals surface area contributed by atoms with E-state index in [0.29, 0.717) is 23.0 Å². The third-order valence-electron chi connectivity index (χ3n) is 8.94. The average molecular weight is 587 g/mol. The second-order valence-corrected chi connectivity index (χ2v) is 12.6. The third kappa shape index (κ3) is 16.7. The molecule has 0 fully saturated rings. The molecule has 0 N–H and O–H groups in total. The molecule has 0 spiro atoms. The van der Waals surface area contributed by atoms with Crippen LogP contribution in [-0.4, -0.2) is 24.1 Å². The van der Waals surface area contributed by atoms with Crippen molar-refractivity contribution in [2.45, 2.75) is 182 Å². The lowest BCUT2D eigenvalue weighted by Crippen LogP contribution is -2.23. The van der Waals surface area contributed by atoms with Gasteiger partial charge in [0, 0.05) is 0 Å². The Kier molecular flexibility index (Phi) is 22.4. The summed E-state index contributed by atoms with van der Waals surface area (Å²) in [6, 6.07) is 6.89. The van der Waals surface area contributed by atoms with Crippen molar-refractivity contribution in [3.8, 4) is 0 Å². The lowest BCUT2D eigenvalue weighted by atomic mass is 9.91. The molecule has 4 unspecified atom stereocenters. The van der Waals surface area contributed by atoms with Gasteiger partial charge in [0.25, 0.3) is 0 Å². The number of unbranched alkanes of at least 4 members (excludes halogenated alkanes) is 8. The Labute approximate surface area is 260 Å². The summed E-state index contributed by atoms with van der Waals surface area (Å²) < 4.78 is 12.1. The zero-order chi connectivity index (χ0) is 31.0. The second kappa shape index (κ2) is 24.6. The van der Waals surface area contributed by atoms with Crippen LogP contribution < -0.4 is 0 Å². The zero-order valence-corrected chi connectivity index (χ0v) is 28.4. The number of carbonyl (C=O) groups is 2. The normalized spacial score (nSPS) is 14.2. The maximum absolute atomic E-state index is 13.1. The monoisotopic (exact) mass is 586 g/mol. The number of benzene rings is 1. The van der Waals surface area contributed by atoms with E-state index >= 15 is 0 Å². The Morgan fingerprint density at radius 1 is 0.500 bits per heavy atom. The van der Waals surface area contributed by atoms with Crippen molar-refractivity contribution in [1.29, 1.82) is 0 Å². The Bertz CT molecular complexity index is 735. The van der Waals surface area contributed by atoms with Crippen molar-refractivity contribution in [3.05, 3.63) is 35.4 Å². The topological polar surface area (TPSA) is 52.6 Å². The summed E-state index contributed by atoms with van der Waals surface area (Å²) in [5, 5.41) is 0. The van der Waals surface area contributed by atoms with Crippen molar-refractivity contribution in [2.75, 3.05) is 0 Å². The van der Waals surface area contributed by atoms with Crippen LogP contribution in [0.25, 0.3) is 0 Å². The average Bonchev–Trinajstić information content (AvgIpc) is 3.01. The maximum Gasteiger partial charge on any atom is 0.338 e. The van der Waals surface area contributed by atoms with Gasteiger partial charge < -0.3 is 9.47 Å². The molecule has 0 aliphatic heterocycles. The molecule has 0 aliphatic rings. The summed E-state index contributed by atoms with van der Waals surface area (Å²) in [7, 11) is 0. The van der Waals surface area contributed by atoms with E-state index in [9.17, 15) is 9.59 Å². The molecule has 0 saturated heterocycles. The lowest BCUT2D eigenvalue weighted by molar-refractivity contribution is 0.0192. The van der Waals surface area contributed by atoms with Gasteiger partial charge in [0.15, 0.2) is 0 Å². The minimum absolute atomic E-state index is 0.0500. The molecule has 4 heteroatoms. The van der Waals surface area contributed by atoms with Gasteiger partial charge in [0.1, 0.15) is 12.2 Å². The van der Waals surface area contributed by atoms with Gasteiger partial charge in [-0.3, -0.25) is 0 Å². The van der Waals surface area contributed by atoms with E-state index in [0.717, 1.165) is 64.2 Å². The van der Waals surface area contributed by atoms with E-state index in [-0.39, 0.29) is 24.1 Å². The van der Waals surface area contributed by atoms with Crippen LogP contribution in [0.4, 0.5) is 0 Å². The molecule has 1 rings (SSSR count). The summed E-state index contributed by atoms with van der Waals surface area (Å²) in [6.45, 7) is 13.4. The SMILES string of the molecule is CCCCCCC(CC)CC(CCCC)OC(=O)c1ccc(C(=O)OC(CCCC)CC(CC)CCCCCC)cc1. The molecule has 42 heavy (non-hydrogen) atoms. The molecule has 0 aliphatic carbocycles. The van der Waals surface area contributed by atoms with Gasteiger partial charge in [0.2, 0.25) is 0 Å². The first-order valence-electron chi connectivity index (χ1n) is 17.9. The van der Waals surface area contributed by atoms with Gasteiger partial charge in [-0.25, -0.2) is 9.59 Å². The Morgan fingerprint density at radius 3 is 1.17 bits per heavy atom. The summed E-state index contributed by atoms with van der Waals surface area (Å²) in [4.78, 5) is 26.2. The molecule has 1 aromatic rings. The molecule has 4 atom stereocenters. The third-order valence-corrected chi connectivity index (χ3v) is 8.94. The van der Waals surface area contributed by atoms with Gasteiger partial charge in [-0.2, -0.15) is 0 Å². The van der Waals surface area contributed by atoms with Crippen LogP contribution >= 0.6 is 0 Å². The van der Waals surface area contributed by atoms with Crippen LogP contribution in [0.5, 0.6) is 0 Å². The van der Waals surface area contributed by atoms with Crippen LogP contribution in [0, 0.1) is 11.8 Å². The largest absolute Gasteiger partial charge is 0.459 e. The molecule has 0 saturated carbocycles. The van der Waals surface area contributed by atoms with Gasteiger partial charge in [0.05, 0.1) is 11.1 Å². The van der Waals surface area contributed by atoms with Crippen LogP contribution in [0.15, 0.2) is 24.3 Å². The van der Waals surface area contributed by atoms with Crippen molar-refractivity contribution < 1.29 is 19.1 Å². The second-order valence-electron chi connectivity index (χ2n) is 12.6. The van der Waals surface area contributed by atoms with E-state index in [2.05, 4.69) is 41.5 Å². The van der Waals surface area contributed by atoms with E-state index in [4.69, 9.17) is 9.47 Å². The van der Waals surface area contributed by atoms with E-state index in [1.807, 2.05) is 0 Å². The minimum Gasteiger partial charge on any atom is -0.459 e. The van der Waals surface area contributed by atoms with Crippen molar-refractivity contribution >= 4 is 11.9 Å². The van der Waals surface area contributed by atoms with Gasteiger partial charge in [-0.05, 0) is 61.8 Å². The highest BCUT2D eigenvalue weighted by molar-refractivity contribution is 5.93. The van der Waals surface area contributed by atoms with Crippen molar-refractivity contribution in [2.24, 2.45) is 11.8 Å². The van der Waals surface area contributed by atoms with Crippen molar-refractivity contribution in [1.82, 2.24) is 0 Å². The molecule has 242 valence electrons. The Morgan fingerprint density at radius 2 is 0.857 bits per heavy atom. The fraction of sp³-hybridized carbons (Fsp3) is 0.789. The fourth-order valence-corrected chi connectivity index (χ4v) is 5.94. The first-order valence-corrected chi connectivity index (χ1v) is 17.9. The van der Waals surface area contributed by atoms with Gasteiger partial charge in [-0.15, -0.1) is 0 Å². The van der Waals surface area contributed by atoms with Crippen LogP contribution in [0.1, 0.15) is 191 Å². The maximum atomic E-state index is 13.1. The number of hydrogen-bond acceptors (Lipinski definition) is 4. The predicted molar refractivity (Wildman–Crippen MR) is 178 cm³/mol. The van der Waals surface area contributed by atoms with E-state index in [1.54, 1.807) is 24.3 Å². The van der Waals surface area contributed by atoms with Crippen molar-refractivity contribution in [3.63, 3.8) is 0 Å². The smallest absolute Gasteiger partial charge is 0.338 e. The predicted octanol–water partition coefficient (Wildman–Crippen LogP) is 11.9. The van der Waals surface area contributed by atoms with Crippen LogP contribution in [0.3, 0.4) is 0 Å². The number of esters is 2. The lowest BCUT2D eigenvalue weighted by Gasteiger charge is -2.24. The molecule has 0 aromatic heterocycles. The highest BCUT2D eigenvalue weighted by Crippen LogP contribution is 2.26. The standard InChI is InChI=1S/C38H66O4/c1-7-13-17-19-21-31(11-5)29-35(23-15-9-3)41-37(39)33-25-27-34(28-26-33)38(40)42-36(24-16-10-4)30-32(12-6)22-20-18-14-8-2/h25-28,31-32,35-36H,7-24,29-30H2,1-6H3. The number of rotatable bonds is 26. The fourth-order valence-electron chi connectivity index (χ4n) is 5.94. The molecular formula is C38H66O4. The number of carbonyl (C=O) groups excluding carboxylic acids is 2. The quantitative estimate of drug-likeness (QED) is 0.0800. The highest BCUT2D eigenvalue weighted by atomic mass is 16.5. The van der Waals surface area contributed by atoms with Gasteiger partial charge in [-0.1, -0.05) is 144 Å². The molecule has 0 radical (unpaired) electrons. The van der Waals surface area contributed by atoms with E-state index in [1.165, 1.54) is 64.2 Å². The van der Waals surface area contributed by atoms with Crippen LogP contribution in [-0.2, 0) is 9.47 Å². The first-order chi connectivity index (χ1) is 20.4. The highest BCUT2D eigenvalue weighted by Gasteiger charge is 2.22. The van der Waals surface area contributed by atoms with E-state index < -0.39 is 0 Å². The molecular weight excluding hydrogens is 520 g/mol. The molecule has 4 nitrogen and oxygen atoms in total. The number of ether oxygens (including phenoxy) is 2. The molecule has 0 heterocycles. The summed E-state index contributed by atoms with van der Waals surface area (Å²) in [5.41, 5.74) is 1.01. The summed E-state index contributed by atoms with van der Waals surface area (Å²) in [6.07, 6.45) is 22.8. The molecule has 0 amide bonds. The Hall–Kier alpha value is -1.84. The zero-order valence-electron chi connectivity index (χ0n) is 28.4. The van der Waals surface area contributed by atoms with Crippen LogP contribution in [0.2, 0.25) is 0 Å². The Balaban J connectivity index is 2.78. The molecule has 0 bridgehead atoms. The number of hydrogen-bond donors (Lipinski definition) is 0. The minimum atomic E-state index is -0.286. The molecule has 1 aromatic carbocycles. The summed E-state index contributed by atoms with van der Waals surface area (Å²) in [5.74, 6) is 0.619. The first kappa shape index (κ1) is 38.2. The summed E-state index contributed by atoms with van der Waals surface area (Å²) >= 11 is 0. The van der Waals surface area contributed by atoms with Gasteiger partial charge >= 0.3 is 11.9 Å².